The van der Waals surface area contributed by atoms with Crippen LogP contribution in [0.25, 0.3) is 10.4 Å². The van der Waals surface area contributed by atoms with Gasteiger partial charge < -0.3 is 5.73 Å². The first-order valence-corrected chi connectivity index (χ1v) is 5.77. The van der Waals surface area contributed by atoms with Crippen molar-refractivity contribution >= 4 is 17.2 Å². The number of halogens is 3. The van der Waals surface area contributed by atoms with Gasteiger partial charge in [0, 0.05) is 4.88 Å². The highest BCUT2D eigenvalue weighted by atomic mass is 32.1. The normalized spacial score (nSPS) is 11.5. The zero-order valence-corrected chi connectivity index (χ0v) is 9.81. The third-order valence-corrected chi connectivity index (χ3v) is 3.47. The van der Waals surface area contributed by atoms with Crippen LogP contribution in [0.1, 0.15) is 15.2 Å². The maximum absolute atomic E-state index is 12.5. The molecule has 2 rings (SSSR count). The Labute approximate surface area is 105 Å². The van der Waals surface area contributed by atoms with Gasteiger partial charge in [0.05, 0.1) is 10.4 Å². The summed E-state index contributed by atoms with van der Waals surface area (Å²) in [5, 5.41) is 0. The highest BCUT2D eigenvalue weighted by molar-refractivity contribution is 7.17. The maximum atomic E-state index is 12.5. The Hall–Kier alpha value is -1.82. The summed E-state index contributed by atoms with van der Waals surface area (Å²) >= 11 is 1.07. The van der Waals surface area contributed by atoms with Crippen LogP contribution >= 0.6 is 11.3 Å². The van der Waals surface area contributed by atoms with Crippen molar-refractivity contribution in [2.45, 2.75) is 6.18 Å². The van der Waals surface area contributed by atoms with E-state index in [-0.39, 0.29) is 0 Å². The molecule has 0 bridgehead atoms. The number of carbonyl (C=O) groups is 1. The van der Waals surface area contributed by atoms with Crippen LogP contribution in [0.4, 0.5) is 13.2 Å². The molecule has 0 saturated carbocycles. The Morgan fingerprint density at radius 3 is 2.44 bits per heavy atom. The van der Waals surface area contributed by atoms with Crippen molar-refractivity contribution in [1.29, 1.82) is 0 Å². The molecule has 18 heavy (non-hydrogen) atoms. The number of thiophene rings is 1. The van der Waals surface area contributed by atoms with Gasteiger partial charge in [-0.05, 0) is 29.8 Å². The second-order valence-corrected chi connectivity index (χ2v) is 4.69. The molecule has 0 aliphatic heterocycles. The first-order valence-electron chi connectivity index (χ1n) is 4.95. The minimum absolute atomic E-state index is 0.322. The standard InChI is InChI=1S/C12H8F3NOS/c13-12(14,15)8-3-1-2-7(6-8)9-4-5-10(18-9)11(16)17/h1-6H,(H2,16,17). The number of benzene rings is 1. The van der Waals surface area contributed by atoms with Gasteiger partial charge in [-0.3, -0.25) is 4.79 Å². The van der Waals surface area contributed by atoms with Crippen molar-refractivity contribution in [2.75, 3.05) is 0 Å². The van der Waals surface area contributed by atoms with E-state index in [2.05, 4.69) is 0 Å². The molecular formula is C12H8F3NOS. The fraction of sp³-hybridized carbons (Fsp3) is 0.0833. The third-order valence-electron chi connectivity index (χ3n) is 2.32. The molecule has 2 N–H and O–H groups in total. The largest absolute Gasteiger partial charge is 0.416 e. The Kier molecular flexibility index (Phi) is 3.13. The monoisotopic (exact) mass is 271 g/mol. The van der Waals surface area contributed by atoms with E-state index < -0.39 is 17.6 Å². The van der Waals surface area contributed by atoms with Crippen molar-refractivity contribution in [3.05, 3.63) is 46.8 Å². The zero-order chi connectivity index (χ0) is 13.3. The molecule has 1 aromatic carbocycles. The number of hydrogen-bond donors (Lipinski definition) is 1. The lowest BCUT2D eigenvalue weighted by molar-refractivity contribution is -0.137. The Bertz CT molecular complexity index is 589. The highest BCUT2D eigenvalue weighted by Gasteiger charge is 2.30. The maximum Gasteiger partial charge on any atom is 0.416 e. The second-order valence-electron chi connectivity index (χ2n) is 3.61. The van der Waals surface area contributed by atoms with Crippen LogP contribution in [0.3, 0.4) is 0 Å². The van der Waals surface area contributed by atoms with Crippen molar-refractivity contribution in [3.8, 4) is 10.4 Å². The average molecular weight is 271 g/mol. The van der Waals surface area contributed by atoms with Crippen molar-refractivity contribution in [3.63, 3.8) is 0 Å². The predicted molar refractivity (Wildman–Crippen MR) is 63.3 cm³/mol. The van der Waals surface area contributed by atoms with E-state index in [0.717, 1.165) is 23.5 Å². The molecule has 1 aromatic heterocycles. The van der Waals surface area contributed by atoms with Crippen molar-refractivity contribution < 1.29 is 18.0 Å². The Morgan fingerprint density at radius 2 is 1.89 bits per heavy atom. The molecule has 0 atom stereocenters. The van der Waals surface area contributed by atoms with Gasteiger partial charge in [0.1, 0.15) is 0 Å². The van der Waals surface area contributed by atoms with E-state index in [0.29, 0.717) is 15.3 Å². The average Bonchev–Trinajstić information content (AvgIpc) is 2.77. The summed E-state index contributed by atoms with van der Waals surface area (Å²) in [4.78, 5) is 11.8. The predicted octanol–water partition coefficient (Wildman–Crippen LogP) is 3.53. The molecule has 1 amide bonds. The lowest BCUT2D eigenvalue weighted by Gasteiger charge is -2.07. The van der Waals surface area contributed by atoms with Gasteiger partial charge in [-0.1, -0.05) is 12.1 Å². The number of hydrogen-bond acceptors (Lipinski definition) is 2. The van der Waals surface area contributed by atoms with Gasteiger partial charge in [-0.2, -0.15) is 13.2 Å². The molecule has 6 heteroatoms. The van der Waals surface area contributed by atoms with Gasteiger partial charge in [0.2, 0.25) is 0 Å². The fourth-order valence-corrected chi connectivity index (χ4v) is 2.33. The second kappa shape index (κ2) is 4.45. The molecule has 1 heterocycles. The lowest BCUT2D eigenvalue weighted by atomic mass is 10.1. The summed E-state index contributed by atoms with van der Waals surface area (Å²) < 4.78 is 37.6. The SMILES string of the molecule is NC(=O)c1ccc(-c2cccc(C(F)(F)F)c2)s1. The first kappa shape index (κ1) is 12.6. The highest BCUT2D eigenvalue weighted by Crippen LogP contribution is 2.34. The van der Waals surface area contributed by atoms with Gasteiger partial charge in [-0.25, -0.2) is 0 Å². The van der Waals surface area contributed by atoms with Crippen molar-refractivity contribution in [1.82, 2.24) is 0 Å². The van der Waals surface area contributed by atoms with Gasteiger partial charge in [0.15, 0.2) is 0 Å². The smallest absolute Gasteiger partial charge is 0.365 e. The third kappa shape index (κ3) is 2.53. The molecule has 0 unspecified atom stereocenters. The Morgan fingerprint density at radius 1 is 1.17 bits per heavy atom. The van der Waals surface area contributed by atoms with Crippen LogP contribution in [-0.4, -0.2) is 5.91 Å². The van der Waals surface area contributed by atoms with Gasteiger partial charge in [-0.15, -0.1) is 11.3 Å². The number of rotatable bonds is 2. The van der Waals surface area contributed by atoms with E-state index in [1.807, 2.05) is 0 Å². The first-order chi connectivity index (χ1) is 8.38. The summed E-state index contributed by atoms with van der Waals surface area (Å²) in [7, 11) is 0. The van der Waals surface area contributed by atoms with Gasteiger partial charge >= 0.3 is 6.18 Å². The molecule has 2 aromatic rings. The number of primary amides is 1. The van der Waals surface area contributed by atoms with Crippen LogP contribution < -0.4 is 5.73 Å². The summed E-state index contributed by atoms with van der Waals surface area (Å²) in [6.45, 7) is 0. The summed E-state index contributed by atoms with van der Waals surface area (Å²) in [6, 6.07) is 8.04. The molecule has 0 fully saturated rings. The molecule has 0 aliphatic carbocycles. The number of nitrogens with two attached hydrogens (primary N) is 1. The molecule has 0 saturated heterocycles. The summed E-state index contributed by atoms with van der Waals surface area (Å²) in [5.41, 5.74) is 4.80. The van der Waals surface area contributed by atoms with Crippen LogP contribution in [0.2, 0.25) is 0 Å². The molecule has 94 valence electrons. The molecule has 2 nitrogen and oxygen atoms in total. The minimum atomic E-state index is -4.38. The zero-order valence-electron chi connectivity index (χ0n) is 8.99. The van der Waals surface area contributed by atoms with E-state index in [9.17, 15) is 18.0 Å². The van der Waals surface area contributed by atoms with Gasteiger partial charge in [0.25, 0.3) is 5.91 Å². The molecule has 0 radical (unpaired) electrons. The fourth-order valence-electron chi connectivity index (χ4n) is 1.47. The number of carbonyl (C=O) groups excluding carboxylic acids is 1. The van der Waals surface area contributed by atoms with E-state index >= 15 is 0 Å². The molecular weight excluding hydrogens is 263 g/mol. The topological polar surface area (TPSA) is 43.1 Å². The van der Waals surface area contributed by atoms with E-state index in [1.54, 1.807) is 12.1 Å². The van der Waals surface area contributed by atoms with Crippen LogP contribution in [0.5, 0.6) is 0 Å². The summed E-state index contributed by atoms with van der Waals surface area (Å²) in [6.07, 6.45) is -4.38. The quantitative estimate of drug-likeness (QED) is 0.892. The van der Waals surface area contributed by atoms with E-state index in [4.69, 9.17) is 5.73 Å². The number of amides is 1. The minimum Gasteiger partial charge on any atom is -0.365 e. The van der Waals surface area contributed by atoms with Crippen LogP contribution in [0, 0.1) is 0 Å². The van der Waals surface area contributed by atoms with E-state index in [1.165, 1.54) is 12.1 Å². The molecule has 0 spiro atoms. The summed E-state index contributed by atoms with van der Waals surface area (Å²) in [5.74, 6) is -0.585. The van der Waals surface area contributed by atoms with Crippen molar-refractivity contribution in [2.24, 2.45) is 5.73 Å². The Balaban J connectivity index is 2.41. The lowest BCUT2D eigenvalue weighted by Crippen LogP contribution is -2.08. The number of alkyl halides is 3. The van der Waals surface area contributed by atoms with Crippen LogP contribution in [0.15, 0.2) is 36.4 Å². The molecule has 0 aliphatic rings. The van der Waals surface area contributed by atoms with Crippen LogP contribution in [-0.2, 0) is 6.18 Å².